The van der Waals surface area contributed by atoms with Crippen molar-refractivity contribution in [3.05, 3.63) is 99.0 Å². The van der Waals surface area contributed by atoms with Crippen LogP contribution in [0.1, 0.15) is 35.4 Å². The van der Waals surface area contributed by atoms with Crippen molar-refractivity contribution in [1.29, 1.82) is 0 Å². The Morgan fingerprint density at radius 2 is 1.79 bits per heavy atom. The number of halogens is 4. The van der Waals surface area contributed by atoms with Crippen molar-refractivity contribution in [2.45, 2.75) is 18.7 Å². The number of hydrogen-bond acceptors (Lipinski definition) is 3. The fourth-order valence-corrected chi connectivity index (χ4v) is 4.25. The topological polar surface area (TPSA) is 24.8 Å². The van der Waals surface area contributed by atoms with Gasteiger partial charge in [0.15, 0.2) is 0 Å². The van der Waals surface area contributed by atoms with Crippen molar-refractivity contribution in [2.24, 2.45) is 5.10 Å². The summed E-state index contributed by atoms with van der Waals surface area (Å²) < 4.78 is 34.2. The van der Waals surface area contributed by atoms with Crippen molar-refractivity contribution in [2.75, 3.05) is 0 Å². The van der Waals surface area contributed by atoms with E-state index >= 15 is 0 Å². The third-order valence-electron chi connectivity index (χ3n) is 5.18. The number of hydrogen-bond donors (Lipinski definition) is 0. The van der Waals surface area contributed by atoms with E-state index in [2.05, 4.69) is 0 Å². The van der Waals surface area contributed by atoms with Crippen LogP contribution < -0.4 is 4.74 Å². The summed E-state index contributed by atoms with van der Waals surface area (Å²) in [4.78, 5) is 0. The van der Waals surface area contributed by atoms with Gasteiger partial charge in [0.1, 0.15) is 17.4 Å². The molecule has 3 aromatic carbocycles. The molecule has 0 radical (unpaired) electrons. The molecular weight excluding hydrogens is 417 g/mol. The van der Waals surface area contributed by atoms with Gasteiger partial charge in [-0.15, -0.1) is 0 Å². The number of ether oxygens (including phenoxy) is 1. The Hall–Kier alpha value is -2.63. The predicted octanol–water partition coefficient (Wildman–Crippen LogP) is 6.51. The number of rotatable bonds is 2. The Bertz CT molecular complexity index is 1110. The fourth-order valence-electron chi connectivity index (χ4n) is 3.81. The summed E-state index contributed by atoms with van der Waals surface area (Å²) >= 11 is 12.5. The van der Waals surface area contributed by atoms with Gasteiger partial charge in [-0.05, 0) is 48.0 Å². The maximum atomic E-state index is 14.7. The molecule has 7 heteroatoms. The van der Waals surface area contributed by atoms with Gasteiger partial charge in [-0.25, -0.2) is 13.8 Å². The van der Waals surface area contributed by atoms with Gasteiger partial charge in [0.05, 0.1) is 22.3 Å². The van der Waals surface area contributed by atoms with Gasteiger partial charge in [-0.1, -0.05) is 41.4 Å². The zero-order valence-electron chi connectivity index (χ0n) is 14.9. The number of fused-ring (bicyclic) bond motifs is 3. The van der Waals surface area contributed by atoms with Crippen LogP contribution in [0.2, 0.25) is 10.0 Å². The number of benzene rings is 3. The van der Waals surface area contributed by atoms with Crippen molar-refractivity contribution in [1.82, 2.24) is 5.01 Å². The molecule has 29 heavy (non-hydrogen) atoms. The van der Waals surface area contributed by atoms with Crippen LogP contribution in [0.5, 0.6) is 5.75 Å². The molecule has 0 fully saturated rings. The average Bonchev–Trinajstić information content (AvgIpc) is 3.14. The molecule has 0 aliphatic carbocycles. The summed E-state index contributed by atoms with van der Waals surface area (Å²) in [6.45, 7) is 0. The van der Waals surface area contributed by atoms with E-state index in [1.807, 2.05) is 6.07 Å². The smallest absolute Gasteiger partial charge is 0.218 e. The number of hydrazone groups is 1. The molecule has 0 amide bonds. The molecule has 0 bridgehead atoms. The average molecular weight is 431 g/mol. The van der Waals surface area contributed by atoms with Crippen LogP contribution in [0.25, 0.3) is 0 Å². The summed E-state index contributed by atoms with van der Waals surface area (Å²) in [5.41, 5.74) is 2.64. The highest BCUT2D eigenvalue weighted by atomic mass is 35.5. The minimum absolute atomic E-state index is 0.210. The largest absolute Gasteiger partial charge is 0.464 e. The quantitative estimate of drug-likeness (QED) is 0.462. The zero-order chi connectivity index (χ0) is 20.1. The molecule has 0 spiro atoms. The van der Waals surface area contributed by atoms with Gasteiger partial charge < -0.3 is 4.74 Å². The number of nitrogens with zero attached hydrogens (tertiary/aromatic N) is 2. The maximum absolute atomic E-state index is 14.7. The monoisotopic (exact) mass is 430 g/mol. The molecule has 0 aromatic heterocycles. The lowest BCUT2D eigenvalue weighted by Gasteiger charge is -2.38. The van der Waals surface area contributed by atoms with E-state index in [0.29, 0.717) is 17.2 Å². The molecule has 3 nitrogen and oxygen atoms in total. The van der Waals surface area contributed by atoms with Crippen LogP contribution in [0, 0.1) is 11.6 Å². The third kappa shape index (κ3) is 3.15. The van der Waals surface area contributed by atoms with Crippen LogP contribution in [-0.4, -0.2) is 10.7 Å². The first-order valence-electron chi connectivity index (χ1n) is 9.03. The van der Waals surface area contributed by atoms with Crippen molar-refractivity contribution in [3.63, 3.8) is 0 Å². The second-order valence-corrected chi connectivity index (χ2v) is 7.78. The molecular formula is C22H14Cl2F2N2O. The van der Waals surface area contributed by atoms with Gasteiger partial charge >= 0.3 is 0 Å². The molecule has 0 saturated carbocycles. The first-order chi connectivity index (χ1) is 14.0. The van der Waals surface area contributed by atoms with Gasteiger partial charge in [-0.2, -0.15) is 5.10 Å². The molecule has 5 rings (SSSR count). The van der Waals surface area contributed by atoms with Gasteiger partial charge in [-0.3, -0.25) is 0 Å². The van der Waals surface area contributed by atoms with Crippen LogP contribution in [-0.2, 0) is 0 Å². The zero-order valence-corrected chi connectivity index (χ0v) is 16.5. The first-order valence-corrected chi connectivity index (χ1v) is 9.78. The Morgan fingerprint density at radius 1 is 1.00 bits per heavy atom. The lowest BCUT2D eigenvalue weighted by Crippen LogP contribution is -2.34. The molecule has 146 valence electrons. The summed E-state index contributed by atoms with van der Waals surface area (Å²) in [7, 11) is 0. The van der Waals surface area contributed by atoms with Crippen LogP contribution in [0.3, 0.4) is 0 Å². The lowest BCUT2D eigenvalue weighted by molar-refractivity contribution is -0.0211. The van der Waals surface area contributed by atoms with E-state index < -0.39 is 12.0 Å². The maximum Gasteiger partial charge on any atom is 0.218 e. The predicted molar refractivity (Wildman–Crippen MR) is 108 cm³/mol. The molecule has 2 atom stereocenters. The summed E-state index contributed by atoms with van der Waals surface area (Å²) in [5, 5.41) is 7.26. The molecule has 2 aliphatic rings. The summed E-state index contributed by atoms with van der Waals surface area (Å²) in [6.07, 6.45) is -0.286. The second kappa shape index (κ2) is 7.01. The van der Waals surface area contributed by atoms with E-state index in [1.54, 1.807) is 41.4 Å². The fraction of sp³-hybridized carbons (Fsp3) is 0.136. The third-order valence-corrected chi connectivity index (χ3v) is 5.74. The Labute approximate surface area is 176 Å². The Kier molecular flexibility index (Phi) is 4.45. The van der Waals surface area contributed by atoms with E-state index in [0.717, 1.165) is 16.8 Å². The van der Waals surface area contributed by atoms with E-state index in [-0.39, 0.29) is 22.4 Å². The molecule has 0 N–H and O–H groups in total. The normalized spacial score (nSPS) is 20.0. The second-order valence-electron chi connectivity index (χ2n) is 6.94. The van der Waals surface area contributed by atoms with Crippen molar-refractivity contribution < 1.29 is 13.5 Å². The highest BCUT2D eigenvalue weighted by molar-refractivity contribution is 6.31. The molecule has 0 saturated heterocycles. The van der Waals surface area contributed by atoms with Crippen molar-refractivity contribution in [3.8, 4) is 5.75 Å². The molecule has 3 aromatic rings. The Balaban J connectivity index is 1.64. The molecule has 2 heterocycles. The van der Waals surface area contributed by atoms with Gasteiger partial charge in [0.25, 0.3) is 0 Å². The summed E-state index contributed by atoms with van der Waals surface area (Å²) in [5.74, 6) is -0.179. The highest BCUT2D eigenvalue weighted by Crippen LogP contribution is 2.49. The Morgan fingerprint density at radius 3 is 2.55 bits per heavy atom. The molecule has 2 unspecified atom stereocenters. The van der Waals surface area contributed by atoms with E-state index in [4.69, 9.17) is 33.0 Å². The van der Waals surface area contributed by atoms with E-state index in [1.165, 1.54) is 18.2 Å². The van der Waals surface area contributed by atoms with Crippen LogP contribution in [0.4, 0.5) is 8.78 Å². The van der Waals surface area contributed by atoms with Crippen LogP contribution in [0.15, 0.2) is 65.8 Å². The van der Waals surface area contributed by atoms with E-state index in [9.17, 15) is 8.78 Å². The van der Waals surface area contributed by atoms with Crippen molar-refractivity contribution >= 4 is 28.9 Å². The minimum Gasteiger partial charge on any atom is -0.464 e. The lowest BCUT2D eigenvalue weighted by atomic mass is 9.96. The first kappa shape index (κ1) is 18.4. The SMILES string of the molecule is Fc1ccc(C2=NN3C(C2)c2cc(Cl)ccc2OC3c2c(F)cccc2Cl)cc1. The van der Waals surface area contributed by atoms with Gasteiger partial charge in [0.2, 0.25) is 6.23 Å². The van der Waals surface area contributed by atoms with Gasteiger partial charge in [0, 0.05) is 17.0 Å². The van der Waals surface area contributed by atoms with Crippen LogP contribution >= 0.6 is 23.2 Å². The molecule has 2 aliphatic heterocycles. The minimum atomic E-state index is -0.833. The standard InChI is InChI=1S/C22H14Cl2F2N2O/c23-13-6-9-20-15(10-13)19-11-18(12-4-7-14(25)8-5-12)27-28(19)22(29-20)21-16(24)2-1-3-17(21)26/h1-10,19,22H,11H2. The summed E-state index contributed by atoms with van der Waals surface area (Å²) in [6, 6.07) is 15.8. The highest BCUT2D eigenvalue weighted by Gasteiger charge is 2.42.